The molecule has 0 spiro atoms. The number of esters is 1. The standard InChI is InChI=1S/C17H36NO3S2Si/c1-8-20-17(22)23-15(14-24(5,6)7)10-11-16(19)21-13-9-12-18(2,3)4/h15H,8-14H2,1-7H3/q+1. The Labute approximate surface area is 159 Å². The van der Waals surface area contributed by atoms with Gasteiger partial charge in [0.25, 0.3) is 0 Å². The summed E-state index contributed by atoms with van der Waals surface area (Å²) in [4.78, 5) is 12.0. The topological polar surface area (TPSA) is 35.5 Å². The predicted molar refractivity (Wildman–Crippen MR) is 111 cm³/mol. The summed E-state index contributed by atoms with van der Waals surface area (Å²) in [6.07, 6.45) is 2.16. The molecular formula is C17H36NO3S2Si+. The lowest BCUT2D eigenvalue weighted by Crippen LogP contribution is -2.35. The van der Waals surface area contributed by atoms with Gasteiger partial charge in [-0.25, -0.2) is 0 Å². The van der Waals surface area contributed by atoms with E-state index in [1.807, 2.05) is 6.92 Å². The number of ether oxygens (including phenoxy) is 2. The van der Waals surface area contributed by atoms with E-state index in [0.29, 0.717) is 29.3 Å². The van der Waals surface area contributed by atoms with E-state index in [1.165, 1.54) is 0 Å². The zero-order chi connectivity index (χ0) is 18.8. The number of carbonyl (C=O) groups is 1. The van der Waals surface area contributed by atoms with Gasteiger partial charge in [-0.2, -0.15) is 0 Å². The summed E-state index contributed by atoms with van der Waals surface area (Å²) in [5.74, 6) is -0.0973. The maximum absolute atomic E-state index is 12.0. The summed E-state index contributed by atoms with van der Waals surface area (Å²) in [5.41, 5.74) is 0. The van der Waals surface area contributed by atoms with Crippen molar-refractivity contribution in [3.63, 3.8) is 0 Å². The van der Waals surface area contributed by atoms with Gasteiger partial charge in [-0.3, -0.25) is 4.79 Å². The third-order valence-electron chi connectivity index (χ3n) is 3.27. The molecule has 0 aliphatic carbocycles. The zero-order valence-corrected chi connectivity index (χ0v) is 19.1. The van der Waals surface area contributed by atoms with Crippen LogP contribution in [0.4, 0.5) is 0 Å². The fourth-order valence-electron chi connectivity index (χ4n) is 2.25. The molecule has 0 amide bonds. The molecule has 0 aliphatic heterocycles. The highest BCUT2D eigenvalue weighted by Crippen LogP contribution is 2.28. The molecule has 0 N–H and O–H groups in total. The van der Waals surface area contributed by atoms with Crippen molar-refractivity contribution < 1.29 is 18.8 Å². The molecule has 4 nitrogen and oxygen atoms in total. The minimum atomic E-state index is -1.22. The quantitative estimate of drug-likeness (QED) is 0.173. The van der Waals surface area contributed by atoms with Crippen LogP contribution in [0.1, 0.15) is 26.2 Å². The predicted octanol–water partition coefficient (Wildman–Crippen LogP) is 4.17. The molecule has 0 aliphatic rings. The van der Waals surface area contributed by atoms with E-state index in [2.05, 4.69) is 40.8 Å². The number of quaternary nitrogens is 1. The first-order valence-corrected chi connectivity index (χ1v) is 13.7. The second-order valence-corrected chi connectivity index (χ2v) is 15.7. The summed E-state index contributed by atoms with van der Waals surface area (Å²) in [5, 5.41) is 0.342. The third-order valence-corrected chi connectivity index (χ3v) is 6.74. The fraction of sp³-hybridized carbons (Fsp3) is 0.882. The Bertz CT molecular complexity index is 392. The zero-order valence-electron chi connectivity index (χ0n) is 16.5. The van der Waals surface area contributed by atoms with E-state index in [1.54, 1.807) is 11.8 Å². The van der Waals surface area contributed by atoms with Gasteiger partial charge < -0.3 is 14.0 Å². The number of nitrogens with zero attached hydrogens (tertiary/aromatic N) is 1. The van der Waals surface area contributed by atoms with Crippen molar-refractivity contribution in [2.24, 2.45) is 0 Å². The summed E-state index contributed by atoms with van der Waals surface area (Å²) in [7, 11) is 5.20. The average Bonchev–Trinajstić information content (AvgIpc) is 2.38. The molecule has 0 aromatic heterocycles. The van der Waals surface area contributed by atoms with Crippen molar-refractivity contribution in [1.82, 2.24) is 0 Å². The van der Waals surface area contributed by atoms with E-state index in [4.69, 9.17) is 21.7 Å². The maximum Gasteiger partial charge on any atom is 0.305 e. The van der Waals surface area contributed by atoms with Gasteiger partial charge >= 0.3 is 5.97 Å². The van der Waals surface area contributed by atoms with Crippen LogP contribution >= 0.6 is 24.0 Å². The van der Waals surface area contributed by atoms with Crippen LogP contribution in [0.25, 0.3) is 0 Å². The number of hydrogen-bond donors (Lipinski definition) is 0. The molecule has 0 aromatic carbocycles. The second-order valence-electron chi connectivity index (χ2n) is 8.31. The third kappa shape index (κ3) is 15.4. The summed E-state index contributed by atoms with van der Waals surface area (Å²) >= 11 is 6.86. The number of carbonyl (C=O) groups excluding carboxylic acids is 1. The smallest absolute Gasteiger partial charge is 0.305 e. The Kier molecular flexibility index (Phi) is 11.4. The molecular weight excluding hydrogens is 358 g/mol. The van der Waals surface area contributed by atoms with Gasteiger partial charge in [0.15, 0.2) is 0 Å². The van der Waals surface area contributed by atoms with E-state index in [0.717, 1.165) is 29.9 Å². The summed E-state index contributed by atoms with van der Waals surface area (Å²) in [6, 6.07) is 1.12. The molecule has 7 heteroatoms. The van der Waals surface area contributed by atoms with Crippen LogP contribution in [0, 0.1) is 0 Å². The fourth-order valence-corrected chi connectivity index (χ4v) is 6.87. The monoisotopic (exact) mass is 394 g/mol. The number of thiocarbonyl (C=S) groups is 1. The first-order chi connectivity index (χ1) is 10.9. The Morgan fingerprint density at radius 2 is 1.83 bits per heavy atom. The Balaban J connectivity index is 4.23. The van der Waals surface area contributed by atoms with E-state index in [-0.39, 0.29) is 5.97 Å². The number of thioether (sulfide) groups is 1. The molecule has 1 unspecified atom stereocenters. The van der Waals surface area contributed by atoms with Gasteiger partial charge in [0.1, 0.15) is 0 Å². The summed E-state index contributed by atoms with van der Waals surface area (Å²) < 4.78 is 12.2. The normalized spacial score (nSPS) is 13.5. The number of rotatable bonds is 11. The van der Waals surface area contributed by atoms with Gasteiger partial charge in [-0.15, -0.1) is 0 Å². The van der Waals surface area contributed by atoms with Gasteiger partial charge in [0.2, 0.25) is 4.38 Å². The minimum absolute atomic E-state index is 0.0973. The van der Waals surface area contributed by atoms with Gasteiger partial charge in [0.05, 0.1) is 40.9 Å². The van der Waals surface area contributed by atoms with Crippen molar-refractivity contribution in [2.75, 3.05) is 40.9 Å². The van der Waals surface area contributed by atoms with E-state index >= 15 is 0 Å². The van der Waals surface area contributed by atoms with Crippen LogP contribution in [0.2, 0.25) is 25.7 Å². The molecule has 0 heterocycles. The molecule has 0 saturated carbocycles. The SMILES string of the molecule is CCOC(=S)SC(CCC(=O)OCCC[N+](C)(C)C)C[Si](C)(C)C. The lowest BCUT2D eigenvalue weighted by molar-refractivity contribution is -0.870. The average molecular weight is 395 g/mol. The Morgan fingerprint density at radius 1 is 1.21 bits per heavy atom. The van der Waals surface area contributed by atoms with Crippen molar-refractivity contribution in [2.45, 2.75) is 57.1 Å². The molecule has 0 rings (SSSR count). The molecule has 0 fully saturated rings. The Morgan fingerprint density at radius 3 is 2.33 bits per heavy atom. The van der Waals surface area contributed by atoms with Crippen LogP contribution < -0.4 is 0 Å². The first-order valence-electron chi connectivity index (χ1n) is 8.72. The van der Waals surface area contributed by atoms with E-state index in [9.17, 15) is 4.79 Å². The summed E-state index contributed by atoms with van der Waals surface area (Å²) in [6.45, 7) is 11.1. The van der Waals surface area contributed by atoms with Crippen molar-refractivity contribution in [3.05, 3.63) is 0 Å². The van der Waals surface area contributed by atoms with Crippen molar-refractivity contribution >= 4 is 42.4 Å². The van der Waals surface area contributed by atoms with Crippen LogP contribution in [-0.4, -0.2) is 69.1 Å². The maximum atomic E-state index is 12.0. The number of hydrogen-bond acceptors (Lipinski definition) is 5. The lowest BCUT2D eigenvalue weighted by atomic mass is 10.2. The van der Waals surface area contributed by atoms with Gasteiger partial charge in [-0.05, 0) is 31.6 Å². The molecule has 0 saturated heterocycles. The molecule has 24 heavy (non-hydrogen) atoms. The molecule has 0 aromatic rings. The largest absolute Gasteiger partial charge is 0.479 e. The first kappa shape index (κ1) is 23.9. The molecule has 0 radical (unpaired) electrons. The van der Waals surface area contributed by atoms with Crippen LogP contribution in [0.15, 0.2) is 0 Å². The molecule has 142 valence electrons. The highest BCUT2D eigenvalue weighted by atomic mass is 32.2. The van der Waals surface area contributed by atoms with Crippen LogP contribution in [-0.2, 0) is 14.3 Å². The van der Waals surface area contributed by atoms with Gasteiger partial charge in [0, 0.05) is 26.2 Å². The van der Waals surface area contributed by atoms with E-state index < -0.39 is 8.07 Å². The molecule has 1 atom stereocenters. The van der Waals surface area contributed by atoms with Gasteiger partial charge in [-0.1, -0.05) is 31.4 Å². The highest BCUT2D eigenvalue weighted by molar-refractivity contribution is 8.23. The highest BCUT2D eigenvalue weighted by Gasteiger charge is 2.23. The lowest BCUT2D eigenvalue weighted by Gasteiger charge is -2.24. The molecule has 0 bridgehead atoms. The van der Waals surface area contributed by atoms with Crippen molar-refractivity contribution in [3.8, 4) is 0 Å². The Hall–Kier alpha value is -0.113. The van der Waals surface area contributed by atoms with Crippen molar-refractivity contribution in [1.29, 1.82) is 0 Å². The van der Waals surface area contributed by atoms with Crippen LogP contribution in [0.5, 0.6) is 0 Å². The van der Waals surface area contributed by atoms with Crippen LogP contribution in [0.3, 0.4) is 0 Å². The second kappa shape index (κ2) is 11.5. The minimum Gasteiger partial charge on any atom is -0.479 e.